The molecule has 6 aromatic rings. The van der Waals surface area contributed by atoms with Crippen LogP contribution in [-0.4, -0.2) is 22.3 Å². The van der Waals surface area contributed by atoms with E-state index in [0.717, 1.165) is 61.2 Å². The number of nitrogens with two attached hydrogens (primary N) is 1. The molecule has 4 aromatic carbocycles. The van der Waals surface area contributed by atoms with Crippen LogP contribution in [0.3, 0.4) is 0 Å². The summed E-state index contributed by atoms with van der Waals surface area (Å²) in [5.41, 5.74) is 17.3. The Kier molecular flexibility index (Phi) is 10.9. The molecule has 0 bridgehead atoms. The molecule has 50 heavy (non-hydrogen) atoms. The molecule has 0 aliphatic carbocycles. The van der Waals surface area contributed by atoms with Gasteiger partial charge in [-0.3, -0.25) is 4.99 Å². The maximum atomic E-state index is 5.90. The highest BCUT2D eigenvalue weighted by molar-refractivity contribution is 7.12. The van der Waals surface area contributed by atoms with E-state index in [1.807, 2.05) is 49.4 Å². The maximum absolute atomic E-state index is 5.90. The Morgan fingerprint density at radius 2 is 1.40 bits per heavy atom. The van der Waals surface area contributed by atoms with Gasteiger partial charge in [-0.25, -0.2) is 9.97 Å². The number of rotatable bonds is 11. The van der Waals surface area contributed by atoms with E-state index in [9.17, 15) is 0 Å². The van der Waals surface area contributed by atoms with Crippen molar-refractivity contribution in [1.29, 1.82) is 0 Å². The number of aliphatic imine (C=N–C) groups is 1. The van der Waals surface area contributed by atoms with E-state index < -0.39 is 0 Å². The molecule has 0 unspecified atom stereocenters. The van der Waals surface area contributed by atoms with Crippen LogP contribution in [0.25, 0.3) is 33.8 Å². The molecule has 2 aromatic heterocycles. The minimum absolute atomic E-state index is 0.228. The van der Waals surface area contributed by atoms with E-state index in [1.54, 1.807) is 11.3 Å². The van der Waals surface area contributed by atoms with Crippen LogP contribution >= 0.6 is 11.3 Å². The Balaban J connectivity index is 1.32. The minimum atomic E-state index is -0.228. The zero-order valence-electron chi connectivity index (χ0n) is 29.0. The number of nitrogens with zero attached hydrogens (tertiary/aromatic N) is 3. The summed E-state index contributed by atoms with van der Waals surface area (Å²) in [6.45, 7) is 8.90. The van der Waals surface area contributed by atoms with Gasteiger partial charge in [-0.15, -0.1) is 11.3 Å². The number of benzene rings is 4. The molecular weight excluding hydrogens is 629 g/mol. The lowest BCUT2D eigenvalue weighted by Crippen LogP contribution is -2.18. The molecule has 0 atom stereocenters. The third kappa shape index (κ3) is 7.86. The summed E-state index contributed by atoms with van der Waals surface area (Å²) in [5.74, 6) is 0.719. The second-order valence-corrected chi connectivity index (χ2v) is 13.6. The topological polar surface area (TPSA) is 64.2 Å². The molecule has 0 amide bonds. The van der Waals surface area contributed by atoms with Gasteiger partial charge in [0.05, 0.1) is 28.6 Å². The van der Waals surface area contributed by atoms with Gasteiger partial charge in [-0.05, 0) is 70.8 Å². The Labute approximate surface area is 300 Å². The fourth-order valence-corrected chi connectivity index (χ4v) is 6.64. The van der Waals surface area contributed by atoms with Crippen LogP contribution in [0.15, 0.2) is 162 Å². The summed E-state index contributed by atoms with van der Waals surface area (Å²) < 4.78 is 0. The molecular formula is C45H42N4S. The van der Waals surface area contributed by atoms with Crippen molar-refractivity contribution < 1.29 is 0 Å². The predicted molar refractivity (Wildman–Crippen MR) is 213 cm³/mol. The van der Waals surface area contributed by atoms with Crippen molar-refractivity contribution in [2.45, 2.75) is 33.1 Å². The smallest absolute Gasteiger partial charge is 0.160 e. The molecule has 0 radical (unpaired) electrons. The zero-order chi connectivity index (χ0) is 34.9. The molecule has 6 rings (SSSR count). The van der Waals surface area contributed by atoms with Gasteiger partial charge in [0, 0.05) is 16.5 Å². The molecule has 5 heteroatoms. The largest absolute Gasteiger partial charge is 0.312 e. The van der Waals surface area contributed by atoms with Crippen molar-refractivity contribution in [2.75, 3.05) is 6.67 Å². The first kappa shape index (κ1) is 34.4. The lowest BCUT2D eigenvalue weighted by Gasteiger charge is -2.27. The van der Waals surface area contributed by atoms with Gasteiger partial charge in [-0.2, -0.15) is 0 Å². The van der Waals surface area contributed by atoms with E-state index in [0.29, 0.717) is 0 Å². The fraction of sp³-hybridized carbons (Fsp3) is 0.133. The van der Waals surface area contributed by atoms with Gasteiger partial charge in [-0.1, -0.05) is 147 Å². The maximum Gasteiger partial charge on any atom is 0.160 e. The van der Waals surface area contributed by atoms with Gasteiger partial charge < -0.3 is 5.73 Å². The third-order valence-corrected chi connectivity index (χ3v) is 9.81. The average Bonchev–Trinajstić information content (AvgIpc) is 3.71. The SMILES string of the molecule is C/C=C\C=C(/C)c1cc(-c2ccc(C(C)(C)c3ccc(/C(=C/C(=N\CN)c4cccs4)c4ccccc4)cc3)cc2)nc(-c2ccccc2)n1. The van der Waals surface area contributed by atoms with E-state index in [1.165, 1.54) is 11.1 Å². The Morgan fingerprint density at radius 1 is 0.760 bits per heavy atom. The Hall–Kier alpha value is -5.49. The monoisotopic (exact) mass is 670 g/mol. The lowest BCUT2D eigenvalue weighted by atomic mass is 9.77. The third-order valence-electron chi connectivity index (χ3n) is 8.92. The van der Waals surface area contributed by atoms with Gasteiger partial charge >= 0.3 is 0 Å². The van der Waals surface area contributed by atoms with E-state index in [-0.39, 0.29) is 12.1 Å². The van der Waals surface area contributed by atoms with Crippen molar-refractivity contribution >= 4 is 28.2 Å². The molecule has 0 fully saturated rings. The Bertz CT molecular complexity index is 2140. The van der Waals surface area contributed by atoms with Crippen LogP contribution in [0.2, 0.25) is 0 Å². The predicted octanol–water partition coefficient (Wildman–Crippen LogP) is 11.0. The molecule has 0 aliphatic heterocycles. The van der Waals surface area contributed by atoms with Crippen LogP contribution in [-0.2, 0) is 5.41 Å². The van der Waals surface area contributed by atoms with Crippen molar-refractivity contribution in [3.8, 4) is 22.6 Å². The molecule has 0 spiro atoms. The highest BCUT2D eigenvalue weighted by Gasteiger charge is 2.24. The quantitative estimate of drug-likeness (QED) is 0.110. The van der Waals surface area contributed by atoms with Gasteiger partial charge in [0.1, 0.15) is 0 Å². The number of hydrogen-bond donors (Lipinski definition) is 1. The van der Waals surface area contributed by atoms with Gasteiger partial charge in [0.15, 0.2) is 5.82 Å². The first-order valence-electron chi connectivity index (χ1n) is 16.9. The van der Waals surface area contributed by atoms with Crippen molar-refractivity contribution in [3.05, 3.63) is 190 Å². The average molecular weight is 671 g/mol. The van der Waals surface area contributed by atoms with Crippen molar-refractivity contribution in [3.63, 3.8) is 0 Å². The van der Waals surface area contributed by atoms with E-state index in [4.69, 9.17) is 15.7 Å². The van der Waals surface area contributed by atoms with Crippen molar-refractivity contribution in [1.82, 2.24) is 9.97 Å². The molecule has 0 saturated carbocycles. The summed E-state index contributed by atoms with van der Waals surface area (Å²) >= 11 is 1.67. The molecule has 0 aliphatic rings. The molecule has 2 heterocycles. The number of hydrogen-bond acceptors (Lipinski definition) is 5. The van der Waals surface area contributed by atoms with Gasteiger partial charge in [0.25, 0.3) is 0 Å². The highest BCUT2D eigenvalue weighted by Crippen LogP contribution is 2.35. The molecule has 4 nitrogen and oxygen atoms in total. The molecule has 2 N–H and O–H groups in total. The van der Waals surface area contributed by atoms with Crippen molar-refractivity contribution in [2.24, 2.45) is 10.7 Å². The molecule has 0 saturated heterocycles. The van der Waals surface area contributed by atoms with E-state index >= 15 is 0 Å². The Morgan fingerprint density at radius 3 is 2.02 bits per heavy atom. The first-order chi connectivity index (χ1) is 24.4. The first-order valence-corrected chi connectivity index (χ1v) is 17.8. The lowest BCUT2D eigenvalue weighted by molar-refractivity contribution is 0.641. The summed E-state index contributed by atoms with van der Waals surface area (Å²) in [7, 11) is 0. The normalized spacial score (nSPS) is 12.9. The second kappa shape index (κ2) is 15.8. The second-order valence-electron chi connectivity index (χ2n) is 12.6. The standard InChI is InChI=1S/C45H42N4S/c1-5-6-14-32(2)40-30-41(49-44(48-40)36-17-11-8-12-18-36)35-22-26-38(27-23-35)45(3,4)37-24-20-34(21-25-37)39(33-15-9-7-10-16-33)29-42(47-31-46)43-19-13-28-50-43/h5-30H,31,46H2,1-4H3/b6-5-,32-14+,39-29+,47-42+. The van der Waals surface area contributed by atoms with E-state index in [2.05, 4.69) is 140 Å². The molecule has 248 valence electrons. The minimum Gasteiger partial charge on any atom is -0.312 e. The fourth-order valence-electron chi connectivity index (χ4n) is 5.94. The summed E-state index contributed by atoms with van der Waals surface area (Å²) in [6.07, 6.45) is 8.32. The van der Waals surface area contributed by atoms with Crippen LogP contribution < -0.4 is 5.73 Å². The summed E-state index contributed by atoms with van der Waals surface area (Å²) in [5, 5.41) is 2.07. The van der Waals surface area contributed by atoms with Crippen LogP contribution in [0, 0.1) is 0 Å². The van der Waals surface area contributed by atoms with Crippen LogP contribution in [0.5, 0.6) is 0 Å². The summed E-state index contributed by atoms with van der Waals surface area (Å²) in [4.78, 5) is 15.7. The zero-order valence-corrected chi connectivity index (χ0v) is 29.9. The summed E-state index contributed by atoms with van der Waals surface area (Å²) in [6, 6.07) is 44.6. The number of thiophene rings is 1. The van der Waals surface area contributed by atoms with Crippen LogP contribution in [0.4, 0.5) is 0 Å². The highest BCUT2D eigenvalue weighted by atomic mass is 32.1. The van der Waals surface area contributed by atoms with Gasteiger partial charge in [0.2, 0.25) is 0 Å². The van der Waals surface area contributed by atoms with Crippen LogP contribution in [0.1, 0.15) is 60.5 Å². The number of aromatic nitrogens is 2. The number of allylic oxidation sites excluding steroid dienone is 5.